The number of hydrogen-bond acceptors (Lipinski definition) is 0. The van der Waals surface area contributed by atoms with E-state index in [1.807, 2.05) is 6.92 Å². The van der Waals surface area contributed by atoms with Crippen LogP contribution in [0.5, 0.6) is 0 Å². The van der Waals surface area contributed by atoms with E-state index in [4.69, 9.17) is 0 Å². The smallest absolute Gasteiger partial charge is 0.0545 e. The van der Waals surface area contributed by atoms with Gasteiger partial charge in [-0.1, -0.05) is 95.6 Å². The topological polar surface area (TPSA) is 0 Å². The Morgan fingerprint density at radius 2 is 1.35 bits per heavy atom. The molecule has 0 unspecified atom stereocenters. The monoisotopic (exact) mass is 742 g/mol. The van der Waals surface area contributed by atoms with E-state index in [1.165, 1.54) is 0 Å². The molecule has 0 saturated carbocycles. The van der Waals surface area contributed by atoms with Gasteiger partial charge in [0.05, 0.1) is 0 Å². The van der Waals surface area contributed by atoms with Crippen molar-refractivity contribution in [2.45, 2.75) is 11.2 Å². The maximum atomic E-state index is 3.55. The van der Waals surface area contributed by atoms with Crippen LogP contribution in [0.4, 0.5) is 0 Å². The van der Waals surface area contributed by atoms with E-state index in [2.05, 4.69) is 134 Å². The predicted octanol–water partition coefficient (Wildman–Crippen LogP) is 7.91. The van der Waals surface area contributed by atoms with Crippen LogP contribution < -0.4 is 0 Å². The van der Waals surface area contributed by atoms with Gasteiger partial charge < -0.3 is 0 Å². The molecule has 0 fully saturated rings. The second-order valence-corrected chi connectivity index (χ2v) is 18.2. The van der Waals surface area contributed by atoms with E-state index < -0.39 is 4.29 Å². The number of benzene rings is 1. The number of hydrogen-bond donors (Lipinski definition) is 0. The normalized spacial score (nSPS) is 13.0. The minimum Gasteiger partial charge on any atom is -0.0545 e. The fraction of sp³-hybridized carbons (Fsp3) is 0.333. The molecule has 17 heavy (non-hydrogen) atoms. The minimum atomic E-state index is -0.545. The van der Waals surface area contributed by atoms with Crippen molar-refractivity contribution < 1.29 is 0 Å². The molecular formula is C9H3Br8. The summed E-state index contributed by atoms with van der Waals surface area (Å²) in [5.41, 5.74) is 3.01. The SMILES string of the molecule is Cc1c(Br)c(Br)[c]c(C(Br)(Br)Br)c1C(Br)(Br)Br. The lowest BCUT2D eigenvalue weighted by Crippen LogP contribution is -2.13. The largest absolute Gasteiger partial charge is 0.160 e. The number of rotatable bonds is 0. The van der Waals surface area contributed by atoms with Gasteiger partial charge in [-0.15, -0.1) is 0 Å². The first-order valence-electron chi connectivity index (χ1n) is 4.01. The van der Waals surface area contributed by atoms with Crippen LogP contribution in [0.3, 0.4) is 0 Å². The Bertz CT molecular complexity index is 440. The Morgan fingerprint density at radius 1 is 0.882 bits per heavy atom. The van der Waals surface area contributed by atoms with E-state index in [-0.39, 0.29) is 0 Å². The summed E-state index contributed by atoms with van der Waals surface area (Å²) in [6.07, 6.45) is 0. The summed E-state index contributed by atoms with van der Waals surface area (Å²) < 4.78 is 0.771. The average molecular weight is 750 g/mol. The minimum absolute atomic E-state index is 0.521. The standard InChI is InChI=1S/C9H3Br8/c1-3-6(9(15,16)17)4(8(12,13)14)2-5(10)7(3)11/h1H3. The van der Waals surface area contributed by atoms with Gasteiger partial charge in [-0.2, -0.15) is 0 Å². The van der Waals surface area contributed by atoms with Crippen LogP contribution in [0.2, 0.25) is 0 Å². The lowest BCUT2D eigenvalue weighted by Gasteiger charge is -2.26. The quantitative estimate of drug-likeness (QED) is 0.237. The molecule has 0 heterocycles. The first-order chi connectivity index (χ1) is 7.46. The molecule has 0 nitrogen and oxygen atoms in total. The van der Waals surface area contributed by atoms with Gasteiger partial charge in [-0.25, -0.2) is 0 Å². The summed E-state index contributed by atoms with van der Waals surface area (Å²) in [5.74, 6) is 0. The van der Waals surface area contributed by atoms with Crippen molar-refractivity contribution in [3.8, 4) is 0 Å². The predicted molar refractivity (Wildman–Crippen MR) is 102 cm³/mol. The molecule has 0 aliphatic heterocycles. The molecule has 1 radical (unpaired) electrons. The van der Waals surface area contributed by atoms with Crippen LogP contribution in [0, 0.1) is 13.0 Å². The van der Waals surface area contributed by atoms with Gasteiger partial charge in [0.2, 0.25) is 0 Å². The molecular weight excluding hydrogens is 747 g/mol. The van der Waals surface area contributed by atoms with Crippen LogP contribution in [0.15, 0.2) is 8.95 Å². The summed E-state index contributed by atoms with van der Waals surface area (Å²) in [5, 5.41) is 0. The van der Waals surface area contributed by atoms with E-state index in [1.54, 1.807) is 0 Å². The number of halogens is 8. The molecule has 8 heteroatoms. The van der Waals surface area contributed by atoms with E-state index in [9.17, 15) is 0 Å². The van der Waals surface area contributed by atoms with Gasteiger partial charge in [0.25, 0.3) is 0 Å². The lowest BCUT2D eigenvalue weighted by molar-refractivity contribution is 1.16. The van der Waals surface area contributed by atoms with Crippen molar-refractivity contribution in [1.82, 2.24) is 0 Å². The van der Waals surface area contributed by atoms with Gasteiger partial charge in [0, 0.05) is 26.1 Å². The Labute approximate surface area is 167 Å². The molecule has 0 N–H and O–H groups in total. The second kappa shape index (κ2) is 6.44. The first-order valence-corrected chi connectivity index (χ1v) is 10.4. The van der Waals surface area contributed by atoms with Crippen molar-refractivity contribution in [2.24, 2.45) is 0 Å². The van der Waals surface area contributed by atoms with Crippen molar-refractivity contribution in [3.05, 3.63) is 31.7 Å². The maximum Gasteiger partial charge on any atom is 0.160 e. The summed E-state index contributed by atoms with van der Waals surface area (Å²) in [6, 6.07) is 3.27. The van der Waals surface area contributed by atoms with Crippen molar-refractivity contribution in [3.63, 3.8) is 0 Å². The molecule has 1 rings (SSSR count). The molecule has 1 aromatic carbocycles. The Kier molecular flexibility index (Phi) is 6.86. The van der Waals surface area contributed by atoms with Gasteiger partial charge >= 0.3 is 0 Å². The molecule has 0 atom stereocenters. The highest BCUT2D eigenvalue weighted by atomic mass is 80.0. The van der Waals surface area contributed by atoms with E-state index >= 15 is 0 Å². The van der Waals surface area contributed by atoms with Crippen molar-refractivity contribution >= 4 is 127 Å². The van der Waals surface area contributed by atoms with E-state index in [0.29, 0.717) is 0 Å². The summed E-state index contributed by atoms with van der Waals surface area (Å²) >= 11 is 28.3. The summed E-state index contributed by atoms with van der Waals surface area (Å²) in [4.78, 5) is 0. The zero-order valence-corrected chi connectivity index (χ0v) is 20.7. The summed E-state index contributed by atoms with van der Waals surface area (Å²) in [7, 11) is 0. The molecule has 0 aliphatic rings. The highest BCUT2D eigenvalue weighted by Gasteiger charge is 2.35. The maximum absolute atomic E-state index is 3.55. The molecule has 0 bridgehead atoms. The zero-order chi connectivity index (χ0) is 13.6. The van der Waals surface area contributed by atoms with Crippen molar-refractivity contribution in [2.75, 3.05) is 0 Å². The fourth-order valence-electron chi connectivity index (χ4n) is 1.26. The third-order valence-corrected chi connectivity index (χ3v) is 6.45. The van der Waals surface area contributed by atoms with Crippen LogP contribution in [-0.2, 0) is 4.29 Å². The molecule has 0 saturated heterocycles. The third kappa shape index (κ3) is 4.51. The highest BCUT2D eigenvalue weighted by molar-refractivity contribution is 9.39. The van der Waals surface area contributed by atoms with Crippen LogP contribution >= 0.6 is 127 Å². The Balaban J connectivity index is 3.71. The van der Waals surface area contributed by atoms with Gasteiger partial charge in [-0.3, -0.25) is 0 Å². The molecule has 0 aromatic heterocycles. The second-order valence-electron chi connectivity index (χ2n) is 3.12. The van der Waals surface area contributed by atoms with Crippen LogP contribution in [0.1, 0.15) is 16.7 Å². The van der Waals surface area contributed by atoms with Gasteiger partial charge in [0.15, 0.2) is 4.29 Å². The Morgan fingerprint density at radius 3 is 1.71 bits per heavy atom. The molecule has 95 valence electrons. The van der Waals surface area contributed by atoms with Gasteiger partial charge in [-0.05, 0) is 44.3 Å². The highest BCUT2D eigenvalue weighted by Crippen LogP contribution is 2.56. The molecule has 0 spiro atoms. The fourth-order valence-corrected chi connectivity index (χ4v) is 4.43. The van der Waals surface area contributed by atoms with Crippen LogP contribution in [0.25, 0.3) is 0 Å². The van der Waals surface area contributed by atoms with Crippen LogP contribution in [-0.4, -0.2) is 0 Å². The number of alkyl halides is 6. The first kappa shape index (κ1) is 18.1. The summed E-state index contributed by atoms with van der Waals surface area (Å²) in [6.45, 7) is 2.03. The average Bonchev–Trinajstić information content (AvgIpc) is 2.09. The molecule has 1 aromatic rings. The van der Waals surface area contributed by atoms with Crippen molar-refractivity contribution in [1.29, 1.82) is 0 Å². The molecule has 0 aliphatic carbocycles. The Hall–Kier alpha value is 3.06. The van der Waals surface area contributed by atoms with Gasteiger partial charge in [0.1, 0.15) is 0 Å². The van der Waals surface area contributed by atoms with E-state index in [0.717, 1.165) is 25.6 Å². The lowest BCUT2D eigenvalue weighted by atomic mass is 10.0. The zero-order valence-electron chi connectivity index (χ0n) is 8.02. The third-order valence-electron chi connectivity index (χ3n) is 1.95. The molecule has 0 amide bonds.